The molecule has 0 radical (unpaired) electrons. The molecule has 18 heavy (non-hydrogen) atoms. The maximum Gasteiger partial charge on any atom is 0.158 e. The predicted molar refractivity (Wildman–Crippen MR) is 68.0 cm³/mol. The molecule has 2 aliphatic rings. The van der Waals surface area contributed by atoms with Gasteiger partial charge >= 0.3 is 0 Å². The second kappa shape index (κ2) is 4.54. The van der Waals surface area contributed by atoms with Crippen molar-refractivity contribution in [3.05, 3.63) is 18.1 Å². The smallest absolute Gasteiger partial charge is 0.158 e. The third-order valence-corrected chi connectivity index (χ3v) is 3.76. The second-order valence-corrected chi connectivity index (χ2v) is 5.25. The van der Waals surface area contributed by atoms with Gasteiger partial charge in [0.1, 0.15) is 11.9 Å². The highest BCUT2D eigenvalue weighted by molar-refractivity contribution is 5.35. The van der Waals surface area contributed by atoms with Gasteiger partial charge in [-0.1, -0.05) is 0 Å². The van der Waals surface area contributed by atoms with E-state index < -0.39 is 0 Å². The first-order valence-corrected chi connectivity index (χ1v) is 6.50. The number of nitrogens with one attached hydrogen (secondary N) is 1. The van der Waals surface area contributed by atoms with Crippen molar-refractivity contribution in [1.82, 2.24) is 14.9 Å². The number of hydrogen-bond donors (Lipinski definition) is 1. The summed E-state index contributed by atoms with van der Waals surface area (Å²) >= 11 is 0. The largest absolute Gasteiger partial charge is 0.365 e. The summed E-state index contributed by atoms with van der Waals surface area (Å²) in [5.74, 6) is 0.767. The number of anilines is 1. The Hall–Kier alpha value is -1.67. The van der Waals surface area contributed by atoms with E-state index in [4.69, 9.17) is 5.26 Å². The van der Waals surface area contributed by atoms with Crippen LogP contribution >= 0.6 is 0 Å². The molecule has 1 saturated heterocycles. The molecule has 3 rings (SSSR count). The van der Waals surface area contributed by atoms with E-state index in [9.17, 15) is 0 Å². The lowest BCUT2D eigenvalue weighted by Crippen LogP contribution is -2.31. The molecule has 0 aromatic carbocycles. The third-order valence-electron chi connectivity index (χ3n) is 3.76. The number of aromatic nitrogens is 2. The quantitative estimate of drug-likeness (QED) is 0.869. The van der Waals surface area contributed by atoms with Crippen molar-refractivity contribution < 1.29 is 0 Å². The minimum atomic E-state index is 0.361. The van der Waals surface area contributed by atoms with Crippen LogP contribution in [0.15, 0.2) is 12.4 Å². The molecule has 0 spiro atoms. The van der Waals surface area contributed by atoms with Crippen LogP contribution in [0.25, 0.3) is 0 Å². The Bertz CT molecular complexity index is 459. The first-order chi connectivity index (χ1) is 8.76. The van der Waals surface area contributed by atoms with Crippen LogP contribution in [0.3, 0.4) is 0 Å². The van der Waals surface area contributed by atoms with E-state index in [-0.39, 0.29) is 0 Å². The predicted octanol–water partition coefficient (Wildman–Crippen LogP) is 1.39. The van der Waals surface area contributed by atoms with Gasteiger partial charge in [-0.25, -0.2) is 9.97 Å². The number of nitriles is 1. The lowest BCUT2D eigenvalue weighted by Gasteiger charge is -2.19. The summed E-state index contributed by atoms with van der Waals surface area (Å²) in [7, 11) is 0. The van der Waals surface area contributed by atoms with Crippen LogP contribution in [-0.4, -0.2) is 39.5 Å². The van der Waals surface area contributed by atoms with Crippen molar-refractivity contribution in [2.24, 2.45) is 0 Å². The zero-order valence-corrected chi connectivity index (χ0v) is 10.5. The minimum Gasteiger partial charge on any atom is -0.365 e. The molecule has 2 heterocycles. The minimum absolute atomic E-state index is 0.361. The van der Waals surface area contributed by atoms with Gasteiger partial charge in [-0.15, -0.1) is 0 Å². The Morgan fingerprint density at radius 2 is 2.22 bits per heavy atom. The standard InChI is InChI=1S/C13H17N5/c1-9-4-10(8-18(9)12-2-3-12)17-13-7-15-11(5-14)6-16-13/h6-7,9-10,12H,2-4,8H2,1H3,(H,16,17). The summed E-state index contributed by atoms with van der Waals surface area (Å²) in [5, 5.41) is 12.1. The van der Waals surface area contributed by atoms with E-state index >= 15 is 0 Å². The van der Waals surface area contributed by atoms with Gasteiger partial charge in [-0.3, -0.25) is 4.90 Å². The lowest BCUT2D eigenvalue weighted by molar-refractivity contribution is 0.257. The van der Waals surface area contributed by atoms with Crippen molar-refractivity contribution in [2.45, 2.75) is 44.3 Å². The first kappa shape index (κ1) is 11.4. The molecule has 1 aliphatic carbocycles. The Balaban J connectivity index is 1.61. The molecule has 2 unspecified atom stereocenters. The van der Waals surface area contributed by atoms with Crippen LogP contribution in [0.4, 0.5) is 5.82 Å². The van der Waals surface area contributed by atoms with E-state index in [2.05, 4.69) is 27.1 Å². The van der Waals surface area contributed by atoms with Gasteiger partial charge in [0.15, 0.2) is 5.69 Å². The van der Waals surface area contributed by atoms with Gasteiger partial charge in [0, 0.05) is 24.7 Å². The van der Waals surface area contributed by atoms with Crippen LogP contribution in [0, 0.1) is 11.3 Å². The van der Waals surface area contributed by atoms with Crippen molar-refractivity contribution in [1.29, 1.82) is 5.26 Å². The molecule has 0 amide bonds. The summed E-state index contributed by atoms with van der Waals surface area (Å²) in [6.07, 6.45) is 7.02. The monoisotopic (exact) mass is 243 g/mol. The molecular formula is C13H17N5. The summed E-state index contributed by atoms with van der Waals surface area (Å²) in [6.45, 7) is 3.39. The molecule has 1 saturated carbocycles. The van der Waals surface area contributed by atoms with E-state index in [0.29, 0.717) is 17.8 Å². The number of rotatable bonds is 3. The molecule has 94 valence electrons. The second-order valence-electron chi connectivity index (χ2n) is 5.25. The molecular weight excluding hydrogens is 226 g/mol. The van der Waals surface area contributed by atoms with Crippen molar-refractivity contribution >= 4 is 5.82 Å². The zero-order valence-electron chi connectivity index (χ0n) is 10.5. The van der Waals surface area contributed by atoms with Gasteiger partial charge in [-0.2, -0.15) is 5.26 Å². The molecule has 1 N–H and O–H groups in total. The Morgan fingerprint density at radius 1 is 1.39 bits per heavy atom. The van der Waals surface area contributed by atoms with Gasteiger partial charge in [-0.05, 0) is 26.2 Å². The highest BCUT2D eigenvalue weighted by atomic mass is 15.3. The van der Waals surface area contributed by atoms with E-state index in [1.165, 1.54) is 19.0 Å². The normalized spacial score (nSPS) is 28.0. The molecule has 1 aromatic rings. The fourth-order valence-electron chi connectivity index (χ4n) is 2.75. The van der Waals surface area contributed by atoms with Crippen LogP contribution in [0.5, 0.6) is 0 Å². The Morgan fingerprint density at radius 3 is 2.83 bits per heavy atom. The average molecular weight is 243 g/mol. The van der Waals surface area contributed by atoms with Crippen LogP contribution < -0.4 is 5.32 Å². The van der Waals surface area contributed by atoms with Gasteiger partial charge in [0.05, 0.1) is 12.4 Å². The van der Waals surface area contributed by atoms with Crippen LogP contribution in [-0.2, 0) is 0 Å². The molecule has 2 fully saturated rings. The van der Waals surface area contributed by atoms with Gasteiger partial charge in [0.2, 0.25) is 0 Å². The molecule has 5 heteroatoms. The van der Waals surface area contributed by atoms with Crippen LogP contribution in [0.1, 0.15) is 31.9 Å². The van der Waals surface area contributed by atoms with Crippen molar-refractivity contribution in [2.75, 3.05) is 11.9 Å². The van der Waals surface area contributed by atoms with Crippen molar-refractivity contribution in [3.63, 3.8) is 0 Å². The lowest BCUT2D eigenvalue weighted by atomic mass is 10.2. The van der Waals surface area contributed by atoms with E-state index in [1.807, 2.05) is 6.07 Å². The topological polar surface area (TPSA) is 64.8 Å². The van der Waals surface area contributed by atoms with E-state index in [0.717, 1.165) is 24.8 Å². The van der Waals surface area contributed by atoms with Crippen molar-refractivity contribution in [3.8, 4) is 6.07 Å². The number of nitrogens with zero attached hydrogens (tertiary/aromatic N) is 4. The molecule has 0 bridgehead atoms. The summed E-state index contributed by atoms with van der Waals surface area (Å²) in [6, 6.07) is 3.89. The summed E-state index contributed by atoms with van der Waals surface area (Å²) in [4.78, 5) is 10.8. The summed E-state index contributed by atoms with van der Waals surface area (Å²) < 4.78 is 0. The Labute approximate surface area is 107 Å². The fraction of sp³-hybridized carbons (Fsp3) is 0.615. The summed E-state index contributed by atoms with van der Waals surface area (Å²) in [5.41, 5.74) is 0.361. The third kappa shape index (κ3) is 2.29. The maximum atomic E-state index is 8.67. The highest BCUT2D eigenvalue weighted by Gasteiger charge is 2.38. The fourth-order valence-corrected chi connectivity index (χ4v) is 2.75. The number of hydrogen-bond acceptors (Lipinski definition) is 5. The number of likely N-dealkylation sites (tertiary alicyclic amines) is 1. The molecule has 2 atom stereocenters. The highest BCUT2D eigenvalue weighted by Crippen LogP contribution is 2.33. The maximum absolute atomic E-state index is 8.67. The first-order valence-electron chi connectivity index (χ1n) is 6.50. The van der Waals surface area contributed by atoms with E-state index in [1.54, 1.807) is 6.20 Å². The van der Waals surface area contributed by atoms with Gasteiger partial charge in [0.25, 0.3) is 0 Å². The molecule has 1 aliphatic heterocycles. The van der Waals surface area contributed by atoms with Gasteiger partial charge < -0.3 is 5.32 Å². The Kier molecular flexibility index (Phi) is 2.88. The van der Waals surface area contributed by atoms with Crippen LogP contribution in [0.2, 0.25) is 0 Å². The molecule has 1 aromatic heterocycles. The SMILES string of the molecule is CC1CC(Nc2cnc(C#N)cn2)CN1C1CC1. The molecule has 5 nitrogen and oxygen atoms in total. The average Bonchev–Trinajstić information content (AvgIpc) is 3.15. The zero-order chi connectivity index (χ0) is 12.5.